The maximum Gasteiger partial charge on any atom is 0.0541 e. The van der Waals surface area contributed by atoms with Gasteiger partial charge >= 0.3 is 0 Å². The first kappa shape index (κ1) is 13.5. The molecule has 0 fully saturated rings. The Morgan fingerprint density at radius 2 is 1.83 bits per heavy atom. The molecule has 0 radical (unpaired) electrons. The van der Waals surface area contributed by atoms with E-state index in [0.29, 0.717) is 5.92 Å². The van der Waals surface area contributed by atoms with Crippen LogP contribution >= 0.6 is 22.7 Å². The second-order valence-corrected chi connectivity index (χ2v) is 8.37. The molecule has 0 spiro atoms. The van der Waals surface area contributed by atoms with E-state index in [1.165, 1.54) is 40.4 Å². The second-order valence-electron chi connectivity index (χ2n) is 6.26. The standard InChI is InChI=1S/C21H16S2/c1-13-7-9-16-18(11-13)22-21-17-10-8-15(12-19(17)23-20(16)21)14-5-3-2-4-6-14/h2-7,9-12,15H,8H2,1H3. The van der Waals surface area contributed by atoms with E-state index < -0.39 is 0 Å². The predicted octanol–water partition coefficient (Wildman–Crippen LogP) is 5.17. The van der Waals surface area contributed by atoms with Gasteiger partial charge in [0, 0.05) is 25.8 Å². The molecule has 4 aromatic rings. The van der Waals surface area contributed by atoms with Crippen LogP contribution in [0.3, 0.4) is 0 Å². The Morgan fingerprint density at radius 1 is 0.957 bits per heavy atom. The minimum atomic E-state index is 0.518. The number of thiophene rings is 2. The van der Waals surface area contributed by atoms with Gasteiger partial charge in [0.2, 0.25) is 0 Å². The van der Waals surface area contributed by atoms with Crippen molar-refractivity contribution in [2.24, 2.45) is 0 Å². The largest absolute Gasteiger partial charge is 0.134 e. The molecule has 0 saturated carbocycles. The van der Waals surface area contributed by atoms with Gasteiger partial charge in [0.15, 0.2) is 0 Å². The highest BCUT2D eigenvalue weighted by molar-refractivity contribution is 7.32. The minimum Gasteiger partial charge on any atom is -0.134 e. The van der Waals surface area contributed by atoms with E-state index in [0.717, 1.165) is 6.42 Å². The van der Waals surface area contributed by atoms with Gasteiger partial charge in [0.25, 0.3) is 0 Å². The van der Waals surface area contributed by atoms with Gasteiger partial charge in [-0.2, -0.15) is 0 Å². The highest BCUT2D eigenvalue weighted by Gasteiger charge is 2.15. The lowest BCUT2D eigenvalue weighted by Crippen LogP contribution is -2.23. The molecule has 5 rings (SSSR count). The number of hydrogen-bond donors (Lipinski definition) is 0. The number of fused-ring (bicyclic) bond motifs is 5. The Hall–Kier alpha value is -1.90. The molecule has 1 unspecified atom stereocenters. The molecule has 1 atom stereocenters. The summed E-state index contributed by atoms with van der Waals surface area (Å²) in [5, 5.41) is 2.89. The van der Waals surface area contributed by atoms with E-state index in [9.17, 15) is 0 Å². The van der Waals surface area contributed by atoms with E-state index in [4.69, 9.17) is 0 Å². The van der Waals surface area contributed by atoms with Gasteiger partial charge in [0.1, 0.15) is 0 Å². The van der Waals surface area contributed by atoms with Crippen molar-refractivity contribution in [3.63, 3.8) is 0 Å². The van der Waals surface area contributed by atoms with Crippen LogP contribution in [0.4, 0.5) is 0 Å². The molecule has 23 heavy (non-hydrogen) atoms. The average molecular weight is 332 g/mol. The highest BCUT2D eigenvalue weighted by atomic mass is 32.1. The summed E-state index contributed by atoms with van der Waals surface area (Å²) >= 11 is 3.92. The van der Waals surface area contributed by atoms with Crippen LogP contribution in [0.2, 0.25) is 0 Å². The molecule has 1 aliphatic rings. The topological polar surface area (TPSA) is 0 Å². The van der Waals surface area contributed by atoms with Crippen LogP contribution in [-0.2, 0) is 0 Å². The molecule has 0 nitrogen and oxygen atoms in total. The monoisotopic (exact) mass is 332 g/mol. The van der Waals surface area contributed by atoms with Crippen LogP contribution in [0.25, 0.3) is 31.6 Å². The Bertz CT molecular complexity index is 1140. The normalized spacial score (nSPS) is 17.0. The first-order chi connectivity index (χ1) is 11.3. The van der Waals surface area contributed by atoms with Crippen molar-refractivity contribution in [2.45, 2.75) is 19.3 Å². The molecule has 2 aromatic carbocycles. The van der Waals surface area contributed by atoms with Crippen molar-refractivity contribution in [1.29, 1.82) is 0 Å². The lowest BCUT2D eigenvalue weighted by molar-refractivity contribution is 0.926. The Balaban J connectivity index is 1.75. The fraction of sp³-hybridized carbons (Fsp3) is 0.143. The van der Waals surface area contributed by atoms with Crippen molar-refractivity contribution >= 4 is 54.3 Å². The first-order valence-electron chi connectivity index (χ1n) is 7.98. The van der Waals surface area contributed by atoms with E-state index in [2.05, 4.69) is 67.6 Å². The van der Waals surface area contributed by atoms with Gasteiger partial charge in [-0.3, -0.25) is 0 Å². The third-order valence-electron chi connectivity index (χ3n) is 4.68. The summed E-state index contributed by atoms with van der Waals surface area (Å²) in [7, 11) is 0. The molecule has 0 bridgehead atoms. The minimum absolute atomic E-state index is 0.518. The molecule has 0 aliphatic heterocycles. The van der Waals surface area contributed by atoms with Crippen LogP contribution in [0, 0.1) is 6.92 Å². The van der Waals surface area contributed by atoms with E-state index in [1.807, 2.05) is 22.7 Å². The van der Waals surface area contributed by atoms with Gasteiger partial charge < -0.3 is 0 Å². The molecule has 112 valence electrons. The summed E-state index contributed by atoms with van der Waals surface area (Å²) < 4.78 is 5.83. The second kappa shape index (κ2) is 5.05. The zero-order chi connectivity index (χ0) is 15.4. The Kier molecular flexibility index (Phi) is 2.97. The predicted molar refractivity (Wildman–Crippen MR) is 104 cm³/mol. The molecule has 2 heteroatoms. The SMILES string of the molecule is Cc1ccc2c(c1)sc1c3c(sc12)=CC(c1ccccc1)CC=3. The fourth-order valence-corrected chi connectivity index (χ4v) is 6.35. The van der Waals surface area contributed by atoms with Gasteiger partial charge in [-0.15, -0.1) is 22.7 Å². The van der Waals surface area contributed by atoms with Crippen LogP contribution in [-0.4, -0.2) is 0 Å². The molecule has 1 aliphatic carbocycles. The van der Waals surface area contributed by atoms with Gasteiger partial charge in [-0.05, 0) is 30.5 Å². The summed E-state index contributed by atoms with van der Waals surface area (Å²) in [4.78, 5) is 0. The highest BCUT2D eigenvalue weighted by Crippen LogP contribution is 2.35. The lowest BCUT2D eigenvalue weighted by atomic mass is 9.93. The van der Waals surface area contributed by atoms with Crippen LogP contribution in [0.1, 0.15) is 23.5 Å². The van der Waals surface area contributed by atoms with Crippen molar-refractivity contribution in [2.75, 3.05) is 0 Å². The quantitative estimate of drug-likeness (QED) is 0.451. The van der Waals surface area contributed by atoms with Gasteiger partial charge in [-0.1, -0.05) is 54.6 Å². The van der Waals surface area contributed by atoms with Gasteiger partial charge in [-0.25, -0.2) is 0 Å². The molecule has 0 N–H and O–H groups in total. The summed E-state index contributed by atoms with van der Waals surface area (Å²) in [5.74, 6) is 0.518. The van der Waals surface area contributed by atoms with Crippen LogP contribution in [0.5, 0.6) is 0 Å². The fourth-order valence-electron chi connectivity index (χ4n) is 3.48. The van der Waals surface area contributed by atoms with Gasteiger partial charge in [0.05, 0.1) is 9.40 Å². The molecule has 2 aromatic heterocycles. The molecular weight excluding hydrogens is 316 g/mol. The number of benzene rings is 2. The first-order valence-corrected chi connectivity index (χ1v) is 9.61. The Morgan fingerprint density at radius 3 is 2.70 bits per heavy atom. The molecular formula is C21H16S2. The third kappa shape index (κ3) is 2.09. The van der Waals surface area contributed by atoms with Crippen molar-refractivity contribution in [3.05, 3.63) is 69.4 Å². The summed E-state index contributed by atoms with van der Waals surface area (Å²) in [6.07, 6.45) is 6.03. The zero-order valence-electron chi connectivity index (χ0n) is 12.9. The van der Waals surface area contributed by atoms with E-state index >= 15 is 0 Å². The summed E-state index contributed by atoms with van der Waals surface area (Å²) in [6.45, 7) is 2.17. The van der Waals surface area contributed by atoms with Crippen molar-refractivity contribution in [1.82, 2.24) is 0 Å². The number of rotatable bonds is 1. The zero-order valence-corrected chi connectivity index (χ0v) is 14.5. The van der Waals surface area contributed by atoms with Crippen molar-refractivity contribution in [3.8, 4) is 0 Å². The van der Waals surface area contributed by atoms with Crippen molar-refractivity contribution < 1.29 is 0 Å². The summed E-state index contributed by atoms with van der Waals surface area (Å²) in [5.41, 5.74) is 2.77. The lowest BCUT2D eigenvalue weighted by Gasteiger charge is -2.12. The Labute approximate surface area is 143 Å². The van der Waals surface area contributed by atoms with Crippen LogP contribution < -0.4 is 9.75 Å². The summed E-state index contributed by atoms with van der Waals surface area (Å²) in [6, 6.07) is 17.7. The maximum absolute atomic E-state index is 2.47. The molecule has 0 amide bonds. The van der Waals surface area contributed by atoms with E-state index in [-0.39, 0.29) is 0 Å². The smallest absolute Gasteiger partial charge is 0.0541 e. The number of hydrogen-bond acceptors (Lipinski definition) is 2. The number of aryl methyl sites for hydroxylation is 1. The molecule has 0 saturated heterocycles. The maximum atomic E-state index is 2.47. The third-order valence-corrected chi connectivity index (χ3v) is 7.20. The van der Waals surface area contributed by atoms with Crippen LogP contribution in [0.15, 0.2) is 48.5 Å². The van der Waals surface area contributed by atoms with E-state index in [1.54, 1.807) is 0 Å². The molecule has 2 heterocycles. The average Bonchev–Trinajstić information content (AvgIpc) is 3.10.